The molecule has 0 spiro atoms. The average molecular weight is 210 g/mol. The van der Waals surface area contributed by atoms with Gasteiger partial charge in [-0.1, -0.05) is 30.8 Å². The van der Waals surface area contributed by atoms with Gasteiger partial charge >= 0.3 is 0 Å². The first-order valence-electron chi connectivity index (χ1n) is 4.84. The molecule has 0 fully saturated rings. The second-order valence-electron chi connectivity index (χ2n) is 3.33. The zero-order valence-electron chi connectivity index (χ0n) is 8.63. The SMILES string of the molecule is C=C(C=O)c1ccc(-c2cccnn2)cc1. The number of hydrogen-bond donors (Lipinski definition) is 0. The van der Waals surface area contributed by atoms with E-state index in [2.05, 4.69) is 16.8 Å². The summed E-state index contributed by atoms with van der Waals surface area (Å²) in [5.74, 6) is 0. The number of allylic oxidation sites excluding steroid dienone is 1. The molecular formula is C13H10N2O. The van der Waals surface area contributed by atoms with E-state index in [1.165, 1.54) is 0 Å². The van der Waals surface area contributed by atoms with Gasteiger partial charge in [0.05, 0.1) is 5.69 Å². The number of rotatable bonds is 3. The molecule has 0 unspecified atom stereocenters. The number of carbonyl (C=O) groups is 1. The van der Waals surface area contributed by atoms with Crippen LogP contribution in [0.25, 0.3) is 16.8 Å². The summed E-state index contributed by atoms with van der Waals surface area (Å²) < 4.78 is 0. The molecular weight excluding hydrogens is 200 g/mol. The lowest BCUT2D eigenvalue weighted by molar-refractivity contribution is -0.103. The third kappa shape index (κ3) is 2.03. The summed E-state index contributed by atoms with van der Waals surface area (Å²) in [7, 11) is 0. The van der Waals surface area contributed by atoms with E-state index in [1.54, 1.807) is 6.20 Å². The van der Waals surface area contributed by atoms with Crippen LogP contribution in [0.1, 0.15) is 5.56 Å². The maximum atomic E-state index is 10.5. The minimum absolute atomic E-state index is 0.477. The molecule has 0 atom stereocenters. The molecule has 0 radical (unpaired) electrons. The summed E-state index contributed by atoms with van der Waals surface area (Å²) in [6, 6.07) is 11.2. The first kappa shape index (κ1) is 10.2. The Morgan fingerprint density at radius 2 is 1.94 bits per heavy atom. The van der Waals surface area contributed by atoms with Gasteiger partial charge in [-0.05, 0) is 17.7 Å². The smallest absolute Gasteiger partial charge is 0.150 e. The summed E-state index contributed by atoms with van der Waals surface area (Å²) in [6.07, 6.45) is 2.38. The van der Waals surface area contributed by atoms with Gasteiger partial charge in [-0.15, -0.1) is 0 Å². The topological polar surface area (TPSA) is 42.9 Å². The van der Waals surface area contributed by atoms with Gasteiger partial charge in [-0.25, -0.2) is 0 Å². The van der Waals surface area contributed by atoms with Crippen LogP contribution in [0.5, 0.6) is 0 Å². The Balaban J connectivity index is 2.33. The molecule has 1 aromatic carbocycles. The van der Waals surface area contributed by atoms with E-state index in [0.29, 0.717) is 5.57 Å². The summed E-state index contributed by atoms with van der Waals surface area (Å²) in [5, 5.41) is 7.81. The summed E-state index contributed by atoms with van der Waals surface area (Å²) in [4.78, 5) is 10.5. The predicted octanol–water partition coefficient (Wildman–Crippen LogP) is 2.36. The van der Waals surface area contributed by atoms with Crippen molar-refractivity contribution in [3.63, 3.8) is 0 Å². The molecule has 0 amide bonds. The third-order valence-electron chi connectivity index (χ3n) is 2.27. The first-order chi connectivity index (χ1) is 7.81. The number of carbonyl (C=O) groups excluding carboxylic acids is 1. The number of aldehydes is 1. The molecule has 1 heterocycles. The van der Waals surface area contributed by atoms with E-state index in [0.717, 1.165) is 23.1 Å². The second-order valence-corrected chi connectivity index (χ2v) is 3.33. The van der Waals surface area contributed by atoms with Crippen LogP contribution in [0.4, 0.5) is 0 Å². The maximum absolute atomic E-state index is 10.5. The Bertz CT molecular complexity index is 503. The quantitative estimate of drug-likeness (QED) is 0.577. The Labute approximate surface area is 93.5 Å². The zero-order chi connectivity index (χ0) is 11.4. The number of benzene rings is 1. The molecule has 1 aromatic heterocycles. The van der Waals surface area contributed by atoms with E-state index in [-0.39, 0.29) is 0 Å². The van der Waals surface area contributed by atoms with Crippen molar-refractivity contribution >= 4 is 11.9 Å². The van der Waals surface area contributed by atoms with Crippen molar-refractivity contribution in [1.82, 2.24) is 10.2 Å². The minimum atomic E-state index is 0.477. The van der Waals surface area contributed by atoms with Crippen LogP contribution in [0.2, 0.25) is 0 Å². The number of aromatic nitrogens is 2. The highest BCUT2D eigenvalue weighted by atomic mass is 16.1. The zero-order valence-corrected chi connectivity index (χ0v) is 8.63. The van der Waals surface area contributed by atoms with Crippen LogP contribution in [-0.4, -0.2) is 16.5 Å². The fourth-order valence-corrected chi connectivity index (χ4v) is 1.38. The molecule has 2 aromatic rings. The van der Waals surface area contributed by atoms with Crippen molar-refractivity contribution in [3.05, 3.63) is 54.7 Å². The lowest BCUT2D eigenvalue weighted by Crippen LogP contribution is -1.87. The molecule has 0 bridgehead atoms. The molecule has 0 saturated heterocycles. The molecule has 0 saturated carbocycles. The number of nitrogens with zero attached hydrogens (tertiary/aromatic N) is 2. The van der Waals surface area contributed by atoms with Gasteiger partial charge in [0.1, 0.15) is 6.29 Å². The summed E-state index contributed by atoms with van der Waals surface area (Å²) in [5.41, 5.74) is 3.08. The van der Waals surface area contributed by atoms with Crippen LogP contribution in [0.15, 0.2) is 49.2 Å². The summed E-state index contributed by atoms with van der Waals surface area (Å²) in [6.45, 7) is 3.65. The normalized spacial score (nSPS) is 9.75. The van der Waals surface area contributed by atoms with Gasteiger partial charge in [0.25, 0.3) is 0 Å². The van der Waals surface area contributed by atoms with Crippen molar-refractivity contribution in [2.45, 2.75) is 0 Å². The Kier molecular flexibility index (Phi) is 2.87. The maximum Gasteiger partial charge on any atom is 0.150 e. The summed E-state index contributed by atoms with van der Waals surface area (Å²) >= 11 is 0. The first-order valence-corrected chi connectivity index (χ1v) is 4.84. The molecule has 78 valence electrons. The van der Waals surface area contributed by atoms with E-state index in [1.807, 2.05) is 36.4 Å². The van der Waals surface area contributed by atoms with Gasteiger partial charge < -0.3 is 0 Å². The van der Waals surface area contributed by atoms with Gasteiger partial charge in [-0.3, -0.25) is 4.79 Å². The number of hydrogen-bond acceptors (Lipinski definition) is 3. The van der Waals surface area contributed by atoms with Crippen molar-refractivity contribution in [3.8, 4) is 11.3 Å². The van der Waals surface area contributed by atoms with Gasteiger partial charge in [0.2, 0.25) is 0 Å². The highest BCUT2D eigenvalue weighted by Gasteiger charge is 2.00. The van der Waals surface area contributed by atoms with E-state index < -0.39 is 0 Å². The lowest BCUT2D eigenvalue weighted by Gasteiger charge is -2.01. The average Bonchev–Trinajstić information content (AvgIpc) is 2.39. The second kappa shape index (κ2) is 4.49. The molecule has 0 aliphatic carbocycles. The molecule has 0 aliphatic rings. The van der Waals surface area contributed by atoms with Crippen LogP contribution in [0.3, 0.4) is 0 Å². The Morgan fingerprint density at radius 1 is 1.19 bits per heavy atom. The molecule has 2 rings (SSSR count). The fourth-order valence-electron chi connectivity index (χ4n) is 1.38. The van der Waals surface area contributed by atoms with Crippen LogP contribution in [0, 0.1) is 0 Å². The third-order valence-corrected chi connectivity index (χ3v) is 2.27. The van der Waals surface area contributed by atoms with Crippen LogP contribution < -0.4 is 0 Å². The lowest BCUT2D eigenvalue weighted by atomic mass is 10.0. The Hall–Kier alpha value is -2.29. The van der Waals surface area contributed by atoms with Gasteiger partial charge in [-0.2, -0.15) is 10.2 Å². The largest absolute Gasteiger partial charge is 0.298 e. The van der Waals surface area contributed by atoms with E-state index in [4.69, 9.17) is 0 Å². The van der Waals surface area contributed by atoms with Crippen molar-refractivity contribution in [2.75, 3.05) is 0 Å². The molecule has 16 heavy (non-hydrogen) atoms. The molecule has 3 nitrogen and oxygen atoms in total. The van der Waals surface area contributed by atoms with Crippen molar-refractivity contribution in [2.24, 2.45) is 0 Å². The molecule has 0 N–H and O–H groups in total. The van der Waals surface area contributed by atoms with E-state index >= 15 is 0 Å². The van der Waals surface area contributed by atoms with E-state index in [9.17, 15) is 4.79 Å². The molecule has 3 heteroatoms. The minimum Gasteiger partial charge on any atom is -0.298 e. The fraction of sp³-hybridized carbons (Fsp3) is 0. The van der Waals surface area contributed by atoms with Crippen LogP contribution in [-0.2, 0) is 4.79 Å². The molecule has 0 aliphatic heterocycles. The predicted molar refractivity (Wildman–Crippen MR) is 62.6 cm³/mol. The van der Waals surface area contributed by atoms with Crippen molar-refractivity contribution in [1.29, 1.82) is 0 Å². The van der Waals surface area contributed by atoms with Gasteiger partial charge in [0, 0.05) is 17.3 Å². The highest BCUT2D eigenvalue weighted by Crippen LogP contribution is 2.18. The van der Waals surface area contributed by atoms with Crippen molar-refractivity contribution < 1.29 is 4.79 Å². The monoisotopic (exact) mass is 210 g/mol. The van der Waals surface area contributed by atoms with Gasteiger partial charge in [0.15, 0.2) is 0 Å². The Morgan fingerprint density at radius 3 is 2.50 bits per heavy atom. The standard InChI is InChI=1S/C13H10N2O/c1-10(9-16)11-4-6-12(7-5-11)13-3-2-8-14-15-13/h2-9H,1H2. The van der Waals surface area contributed by atoms with Crippen LogP contribution >= 0.6 is 0 Å². The highest BCUT2D eigenvalue weighted by molar-refractivity contribution is 6.05.